The van der Waals surface area contributed by atoms with Crippen molar-refractivity contribution >= 4 is 5.96 Å². The van der Waals surface area contributed by atoms with Crippen molar-refractivity contribution in [2.24, 2.45) is 4.99 Å². The van der Waals surface area contributed by atoms with Gasteiger partial charge in [0.05, 0.1) is 0 Å². The van der Waals surface area contributed by atoms with Crippen molar-refractivity contribution in [2.75, 3.05) is 45.8 Å². The molecule has 2 aliphatic heterocycles. The lowest BCUT2D eigenvalue weighted by atomic mass is 10.0. The molecule has 0 atom stereocenters. The fourth-order valence-corrected chi connectivity index (χ4v) is 4.59. The van der Waals surface area contributed by atoms with Crippen LogP contribution >= 0.6 is 0 Å². The Morgan fingerprint density at radius 3 is 2.43 bits per heavy atom. The molecule has 2 fully saturated rings. The van der Waals surface area contributed by atoms with Gasteiger partial charge in [0.2, 0.25) is 0 Å². The van der Waals surface area contributed by atoms with E-state index in [0.717, 1.165) is 38.7 Å². The van der Waals surface area contributed by atoms with E-state index in [-0.39, 0.29) is 0 Å². The van der Waals surface area contributed by atoms with Crippen LogP contribution in [0, 0.1) is 0 Å². The number of aliphatic imine (C=N–C) groups is 1. The van der Waals surface area contributed by atoms with Crippen LogP contribution in [0.5, 0.6) is 0 Å². The van der Waals surface area contributed by atoms with E-state index in [9.17, 15) is 0 Å². The summed E-state index contributed by atoms with van der Waals surface area (Å²) < 4.78 is 0. The minimum atomic E-state index is 0.536. The molecule has 0 spiro atoms. The fourth-order valence-electron chi connectivity index (χ4n) is 4.59. The Kier molecular flexibility index (Phi) is 10.5. The number of nitrogens with one attached hydrogen (secondary N) is 2. The van der Waals surface area contributed by atoms with E-state index in [0.29, 0.717) is 6.04 Å². The molecular formula is C25H43N5. The van der Waals surface area contributed by atoms with Crippen molar-refractivity contribution in [1.82, 2.24) is 20.4 Å². The summed E-state index contributed by atoms with van der Waals surface area (Å²) in [4.78, 5) is 10.1. The molecule has 2 N–H and O–H groups in total. The van der Waals surface area contributed by atoms with E-state index in [1.54, 1.807) is 0 Å². The van der Waals surface area contributed by atoms with Crippen LogP contribution in [0.4, 0.5) is 0 Å². The van der Waals surface area contributed by atoms with E-state index in [1.807, 2.05) is 0 Å². The number of benzene rings is 1. The highest BCUT2D eigenvalue weighted by molar-refractivity contribution is 5.80. The maximum Gasteiger partial charge on any atom is 0.191 e. The predicted molar refractivity (Wildman–Crippen MR) is 128 cm³/mol. The summed E-state index contributed by atoms with van der Waals surface area (Å²) in [6.45, 7) is 11.3. The third-order valence-electron chi connectivity index (χ3n) is 6.37. The summed E-state index contributed by atoms with van der Waals surface area (Å²) in [6.07, 6.45) is 10.4. The van der Waals surface area contributed by atoms with Crippen molar-refractivity contribution in [2.45, 2.75) is 70.9 Å². The van der Waals surface area contributed by atoms with Crippen molar-refractivity contribution in [3.05, 3.63) is 35.9 Å². The first-order chi connectivity index (χ1) is 14.8. The maximum atomic E-state index is 4.85. The van der Waals surface area contributed by atoms with Crippen LogP contribution in [-0.2, 0) is 6.54 Å². The molecule has 0 saturated carbocycles. The monoisotopic (exact) mass is 413 g/mol. The van der Waals surface area contributed by atoms with E-state index >= 15 is 0 Å². The lowest BCUT2D eigenvalue weighted by Gasteiger charge is -2.33. The molecule has 0 radical (unpaired) electrons. The highest BCUT2D eigenvalue weighted by Crippen LogP contribution is 2.14. The number of hydrogen-bond acceptors (Lipinski definition) is 3. The summed E-state index contributed by atoms with van der Waals surface area (Å²) in [7, 11) is 0. The van der Waals surface area contributed by atoms with Crippen LogP contribution < -0.4 is 10.6 Å². The van der Waals surface area contributed by atoms with Crippen molar-refractivity contribution < 1.29 is 0 Å². The number of nitrogens with zero attached hydrogens (tertiary/aromatic N) is 3. The quantitative estimate of drug-likeness (QED) is 0.347. The molecule has 5 nitrogen and oxygen atoms in total. The molecule has 1 aromatic carbocycles. The first kappa shape index (κ1) is 23.1. The van der Waals surface area contributed by atoms with Crippen molar-refractivity contribution in [1.29, 1.82) is 0 Å². The number of unbranched alkanes of at least 4 members (excludes halogenated alkanes) is 2. The molecule has 0 aliphatic carbocycles. The maximum absolute atomic E-state index is 4.85. The van der Waals surface area contributed by atoms with Gasteiger partial charge in [-0.15, -0.1) is 0 Å². The van der Waals surface area contributed by atoms with Crippen LogP contribution in [0.1, 0.15) is 63.9 Å². The van der Waals surface area contributed by atoms with Gasteiger partial charge in [-0.2, -0.15) is 0 Å². The summed E-state index contributed by atoms with van der Waals surface area (Å²) in [6, 6.07) is 11.4. The van der Waals surface area contributed by atoms with Crippen LogP contribution in [0.15, 0.2) is 35.3 Å². The zero-order valence-corrected chi connectivity index (χ0v) is 19.1. The molecule has 30 heavy (non-hydrogen) atoms. The van der Waals surface area contributed by atoms with Gasteiger partial charge in [0.1, 0.15) is 0 Å². The molecule has 3 rings (SSSR count). The Labute approximate surface area is 184 Å². The lowest BCUT2D eigenvalue weighted by molar-refractivity contribution is 0.198. The van der Waals surface area contributed by atoms with Gasteiger partial charge < -0.3 is 15.5 Å². The topological polar surface area (TPSA) is 42.9 Å². The summed E-state index contributed by atoms with van der Waals surface area (Å²) in [5, 5.41) is 7.13. The second-order valence-corrected chi connectivity index (χ2v) is 8.90. The summed E-state index contributed by atoms with van der Waals surface area (Å²) in [5.41, 5.74) is 1.42. The molecule has 2 heterocycles. The summed E-state index contributed by atoms with van der Waals surface area (Å²) in [5.74, 6) is 1.01. The van der Waals surface area contributed by atoms with Crippen LogP contribution in [0.2, 0.25) is 0 Å². The van der Waals surface area contributed by atoms with Crippen LogP contribution in [-0.4, -0.2) is 67.6 Å². The number of guanidine groups is 1. The Hall–Kier alpha value is -1.59. The zero-order valence-electron chi connectivity index (χ0n) is 19.1. The molecular weight excluding hydrogens is 370 g/mol. The second-order valence-electron chi connectivity index (χ2n) is 8.90. The molecule has 2 aliphatic rings. The Morgan fingerprint density at radius 2 is 1.70 bits per heavy atom. The Bertz CT molecular complexity index is 589. The van der Waals surface area contributed by atoms with Gasteiger partial charge in [0.25, 0.3) is 0 Å². The predicted octanol–water partition coefficient (Wildman–Crippen LogP) is 3.86. The highest BCUT2D eigenvalue weighted by Gasteiger charge is 2.20. The summed E-state index contributed by atoms with van der Waals surface area (Å²) >= 11 is 0. The molecule has 0 bridgehead atoms. The van der Waals surface area contributed by atoms with Gasteiger partial charge in [-0.25, -0.2) is 0 Å². The van der Waals surface area contributed by atoms with Crippen molar-refractivity contribution in [3.63, 3.8) is 0 Å². The first-order valence-electron chi connectivity index (χ1n) is 12.4. The zero-order chi connectivity index (χ0) is 20.9. The normalized spacial score (nSPS) is 19.7. The number of likely N-dealkylation sites (tertiary alicyclic amines) is 2. The minimum absolute atomic E-state index is 0.536. The fraction of sp³-hybridized carbons (Fsp3) is 0.720. The van der Waals surface area contributed by atoms with Crippen molar-refractivity contribution in [3.8, 4) is 0 Å². The van der Waals surface area contributed by atoms with Gasteiger partial charge >= 0.3 is 0 Å². The third-order valence-corrected chi connectivity index (χ3v) is 6.37. The largest absolute Gasteiger partial charge is 0.357 e. The Morgan fingerprint density at radius 1 is 0.933 bits per heavy atom. The van der Waals surface area contributed by atoms with Gasteiger partial charge in [0, 0.05) is 38.8 Å². The van der Waals surface area contributed by atoms with E-state index in [4.69, 9.17) is 4.99 Å². The molecule has 5 heteroatoms. The van der Waals surface area contributed by atoms with Crippen LogP contribution in [0.3, 0.4) is 0 Å². The molecule has 2 saturated heterocycles. The molecule has 168 valence electrons. The van der Waals surface area contributed by atoms with E-state index in [1.165, 1.54) is 76.6 Å². The highest BCUT2D eigenvalue weighted by atomic mass is 15.2. The minimum Gasteiger partial charge on any atom is -0.357 e. The van der Waals surface area contributed by atoms with Gasteiger partial charge in [-0.05, 0) is 70.6 Å². The van der Waals surface area contributed by atoms with Crippen LogP contribution in [0.25, 0.3) is 0 Å². The van der Waals surface area contributed by atoms with E-state index in [2.05, 4.69) is 57.7 Å². The molecule has 0 aromatic heterocycles. The Balaban J connectivity index is 1.30. The van der Waals surface area contributed by atoms with Gasteiger partial charge in [-0.3, -0.25) is 9.89 Å². The lowest BCUT2D eigenvalue weighted by Crippen LogP contribution is -2.48. The average Bonchev–Trinajstić information content (AvgIpc) is 2.79. The molecule has 0 amide bonds. The number of piperidine rings is 2. The second kappa shape index (κ2) is 13.7. The first-order valence-corrected chi connectivity index (χ1v) is 12.4. The number of hydrogen-bond donors (Lipinski definition) is 2. The molecule has 1 aromatic rings. The van der Waals surface area contributed by atoms with Gasteiger partial charge in [-0.1, -0.05) is 43.2 Å². The SMILES string of the molecule is CCNC(=NCCCCCN1CCCCC1)NC1CCN(Cc2ccccc2)CC1. The standard InChI is InChI=1S/C25H43N5/c1-2-26-25(27-16-8-4-9-17-29-18-10-5-11-19-29)28-24-14-20-30(21-15-24)22-23-12-6-3-7-13-23/h3,6-7,12-13,24H,2,4-5,8-11,14-22H2,1H3,(H2,26,27,28). The van der Waals surface area contributed by atoms with E-state index < -0.39 is 0 Å². The smallest absolute Gasteiger partial charge is 0.191 e. The average molecular weight is 414 g/mol. The third kappa shape index (κ3) is 8.65. The number of rotatable bonds is 10. The molecule has 0 unspecified atom stereocenters. The van der Waals surface area contributed by atoms with Gasteiger partial charge in [0.15, 0.2) is 5.96 Å².